The highest BCUT2D eigenvalue weighted by Gasteiger charge is 2.12. The van der Waals surface area contributed by atoms with Crippen molar-refractivity contribution in [3.8, 4) is 0 Å². The van der Waals surface area contributed by atoms with E-state index in [2.05, 4.69) is 10.4 Å². The number of nitro groups is 1. The van der Waals surface area contributed by atoms with E-state index in [0.29, 0.717) is 12.2 Å². The number of hydrogen-bond acceptors (Lipinski definition) is 5. The van der Waals surface area contributed by atoms with E-state index in [0.717, 1.165) is 0 Å². The number of anilines is 1. The zero-order valence-electron chi connectivity index (χ0n) is 12.7. The Morgan fingerprint density at radius 1 is 1.26 bits per heavy atom. The number of carbonyl (C=O) groups excluding carboxylic acids is 1. The molecule has 0 aliphatic carbocycles. The third-order valence-electron chi connectivity index (χ3n) is 2.97. The standard InChI is InChI=1S/C15H16N4O4/c1-10(2)9-18-14(20)8-7-13(17-18)15(21)16-11-3-5-12(6-4-11)19(22)23/h3-8,10H,9H2,1-2H3,(H,16,21). The third-order valence-corrected chi connectivity index (χ3v) is 2.97. The van der Waals surface area contributed by atoms with E-state index >= 15 is 0 Å². The second-order valence-corrected chi connectivity index (χ2v) is 5.39. The molecule has 8 nitrogen and oxygen atoms in total. The van der Waals surface area contributed by atoms with Gasteiger partial charge in [0.25, 0.3) is 17.2 Å². The topological polar surface area (TPSA) is 107 Å². The summed E-state index contributed by atoms with van der Waals surface area (Å²) in [4.78, 5) is 33.9. The summed E-state index contributed by atoms with van der Waals surface area (Å²) in [5.41, 5.74) is 0.171. The lowest BCUT2D eigenvalue weighted by atomic mass is 10.2. The van der Waals surface area contributed by atoms with Crippen LogP contribution in [0.25, 0.3) is 0 Å². The fourth-order valence-electron chi connectivity index (χ4n) is 1.91. The minimum absolute atomic E-state index is 0.0633. The predicted molar refractivity (Wildman–Crippen MR) is 84.4 cm³/mol. The molecule has 23 heavy (non-hydrogen) atoms. The Bertz CT molecular complexity index is 781. The van der Waals surface area contributed by atoms with Crippen LogP contribution in [0.3, 0.4) is 0 Å². The van der Waals surface area contributed by atoms with Crippen LogP contribution >= 0.6 is 0 Å². The number of rotatable bonds is 5. The molecule has 0 saturated carbocycles. The van der Waals surface area contributed by atoms with Crippen LogP contribution in [0.1, 0.15) is 24.3 Å². The van der Waals surface area contributed by atoms with Crippen LogP contribution in [0, 0.1) is 16.0 Å². The molecule has 8 heteroatoms. The third kappa shape index (κ3) is 4.22. The van der Waals surface area contributed by atoms with Crippen molar-refractivity contribution < 1.29 is 9.72 Å². The van der Waals surface area contributed by atoms with Crippen molar-refractivity contribution in [2.24, 2.45) is 5.92 Å². The summed E-state index contributed by atoms with van der Waals surface area (Å²) < 4.78 is 1.25. The van der Waals surface area contributed by atoms with Crippen molar-refractivity contribution in [2.75, 3.05) is 5.32 Å². The first-order chi connectivity index (χ1) is 10.9. The van der Waals surface area contributed by atoms with Gasteiger partial charge in [-0.1, -0.05) is 13.8 Å². The van der Waals surface area contributed by atoms with Crippen LogP contribution in [0.5, 0.6) is 0 Å². The lowest BCUT2D eigenvalue weighted by Gasteiger charge is -2.09. The zero-order valence-corrected chi connectivity index (χ0v) is 12.7. The number of hydrogen-bond donors (Lipinski definition) is 1. The number of nitro benzene ring substituents is 1. The van der Waals surface area contributed by atoms with Crippen LogP contribution in [-0.4, -0.2) is 20.6 Å². The van der Waals surface area contributed by atoms with Gasteiger partial charge in [0, 0.05) is 30.4 Å². The second kappa shape index (κ2) is 6.82. The molecule has 0 aliphatic heterocycles. The molecule has 0 aliphatic rings. The molecule has 1 heterocycles. The van der Waals surface area contributed by atoms with Gasteiger partial charge in [0.1, 0.15) is 5.69 Å². The Morgan fingerprint density at radius 2 is 1.91 bits per heavy atom. The van der Waals surface area contributed by atoms with Crippen molar-refractivity contribution in [3.63, 3.8) is 0 Å². The van der Waals surface area contributed by atoms with Gasteiger partial charge in [0.2, 0.25) is 0 Å². The molecule has 1 N–H and O–H groups in total. The van der Waals surface area contributed by atoms with Gasteiger partial charge in [-0.2, -0.15) is 5.10 Å². The fourth-order valence-corrected chi connectivity index (χ4v) is 1.91. The Balaban J connectivity index is 2.17. The molecule has 1 amide bonds. The van der Waals surface area contributed by atoms with Gasteiger partial charge < -0.3 is 5.32 Å². The van der Waals surface area contributed by atoms with Gasteiger partial charge in [-0.3, -0.25) is 19.7 Å². The van der Waals surface area contributed by atoms with Gasteiger partial charge in [-0.25, -0.2) is 4.68 Å². The number of benzene rings is 1. The Kier molecular flexibility index (Phi) is 4.85. The van der Waals surface area contributed by atoms with Gasteiger partial charge in [-0.15, -0.1) is 0 Å². The summed E-state index contributed by atoms with van der Waals surface area (Å²) in [6.45, 7) is 4.30. The first-order valence-corrected chi connectivity index (χ1v) is 7.01. The summed E-state index contributed by atoms with van der Waals surface area (Å²) in [6, 6.07) is 8.09. The molecule has 0 unspecified atom stereocenters. The molecule has 120 valence electrons. The fraction of sp³-hybridized carbons (Fsp3) is 0.267. The number of nitrogens with zero attached hydrogens (tertiary/aromatic N) is 3. The average Bonchev–Trinajstić information content (AvgIpc) is 2.49. The summed E-state index contributed by atoms with van der Waals surface area (Å²) in [5.74, 6) is -0.274. The molecule has 0 bridgehead atoms. The quantitative estimate of drug-likeness (QED) is 0.671. The molecule has 0 fully saturated rings. The summed E-state index contributed by atoms with van der Waals surface area (Å²) >= 11 is 0. The van der Waals surface area contributed by atoms with Crippen LogP contribution in [-0.2, 0) is 6.54 Å². The Labute approximate surface area is 131 Å². The highest BCUT2D eigenvalue weighted by Crippen LogP contribution is 2.15. The van der Waals surface area contributed by atoms with Crippen molar-refractivity contribution in [1.82, 2.24) is 9.78 Å². The van der Waals surface area contributed by atoms with E-state index in [1.807, 2.05) is 13.8 Å². The normalized spacial score (nSPS) is 10.6. The van der Waals surface area contributed by atoms with Crippen molar-refractivity contribution in [2.45, 2.75) is 20.4 Å². The summed E-state index contributed by atoms with van der Waals surface area (Å²) in [5, 5.41) is 17.2. The first-order valence-electron chi connectivity index (χ1n) is 7.01. The van der Waals surface area contributed by atoms with Crippen LogP contribution in [0.15, 0.2) is 41.2 Å². The van der Waals surface area contributed by atoms with Gasteiger partial charge >= 0.3 is 0 Å². The van der Waals surface area contributed by atoms with E-state index in [4.69, 9.17) is 0 Å². The predicted octanol–water partition coefficient (Wildman–Crippen LogP) is 2.06. The molecule has 2 aromatic rings. The largest absolute Gasteiger partial charge is 0.321 e. The van der Waals surface area contributed by atoms with Crippen molar-refractivity contribution >= 4 is 17.3 Å². The van der Waals surface area contributed by atoms with Gasteiger partial charge in [-0.05, 0) is 24.1 Å². The number of carbonyl (C=O) groups is 1. The van der Waals surface area contributed by atoms with E-state index in [-0.39, 0.29) is 22.9 Å². The van der Waals surface area contributed by atoms with E-state index in [9.17, 15) is 19.7 Å². The average molecular weight is 316 g/mol. The van der Waals surface area contributed by atoms with E-state index < -0.39 is 10.8 Å². The zero-order chi connectivity index (χ0) is 17.0. The lowest BCUT2D eigenvalue weighted by molar-refractivity contribution is -0.384. The molecule has 0 atom stereocenters. The van der Waals surface area contributed by atoms with Crippen molar-refractivity contribution in [1.29, 1.82) is 0 Å². The summed E-state index contributed by atoms with van der Waals surface area (Å²) in [6.07, 6.45) is 0. The number of aromatic nitrogens is 2. The van der Waals surface area contributed by atoms with Crippen LogP contribution in [0.4, 0.5) is 11.4 Å². The number of amides is 1. The van der Waals surface area contributed by atoms with E-state index in [1.54, 1.807) is 0 Å². The monoisotopic (exact) mass is 316 g/mol. The van der Waals surface area contributed by atoms with Crippen LogP contribution < -0.4 is 10.9 Å². The Hall–Kier alpha value is -3.03. The smallest absolute Gasteiger partial charge is 0.276 e. The SMILES string of the molecule is CC(C)Cn1nc(C(=O)Nc2ccc([N+](=O)[O-])cc2)ccc1=O. The minimum Gasteiger partial charge on any atom is -0.321 e. The maximum Gasteiger partial charge on any atom is 0.276 e. The van der Waals surface area contributed by atoms with Gasteiger partial charge in [0.15, 0.2) is 0 Å². The molecule has 1 aromatic carbocycles. The molecular formula is C15H16N4O4. The maximum absolute atomic E-state index is 12.2. The summed E-state index contributed by atoms with van der Waals surface area (Å²) in [7, 11) is 0. The van der Waals surface area contributed by atoms with E-state index in [1.165, 1.54) is 41.1 Å². The highest BCUT2D eigenvalue weighted by molar-refractivity contribution is 6.02. The molecule has 1 aromatic heterocycles. The molecule has 0 radical (unpaired) electrons. The lowest BCUT2D eigenvalue weighted by Crippen LogP contribution is -2.27. The minimum atomic E-state index is -0.519. The number of non-ortho nitro benzene ring substituents is 1. The molecule has 0 spiro atoms. The van der Waals surface area contributed by atoms with Crippen LogP contribution in [0.2, 0.25) is 0 Å². The maximum atomic E-state index is 12.2. The van der Waals surface area contributed by atoms with Crippen molar-refractivity contribution in [3.05, 3.63) is 62.6 Å². The second-order valence-electron chi connectivity index (χ2n) is 5.39. The first kappa shape index (κ1) is 16.3. The molecule has 2 rings (SSSR count). The Morgan fingerprint density at radius 3 is 2.48 bits per heavy atom. The molecule has 0 saturated heterocycles. The highest BCUT2D eigenvalue weighted by atomic mass is 16.6. The van der Waals surface area contributed by atoms with Gasteiger partial charge in [0.05, 0.1) is 4.92 Å². The number of nitrogens with one attached hydrogen (secondary N) is 1. The molecular weight excluding hydrogens is 300 g/mol.